The summed E-state index contributed by atoms with van der Waals surface area (Å²) in [5, 5.41) is 0. The first-order valence-electron chi connectivity index (χ1n) is 9.36. The minimum Gasteiger partial charge on any atom is -0.496 e. The molecule has 1 aromatic carbocycles. The highest BCUT2D eigenvalue weighted by molar-refractivity contribution is 5.80. The molecule has 0 aromatic heterocycles. The third kappa shape index (κ3) is 3.86. The van der Waals surface area contributed by atoms with E-state index in [0.29, 0.717) is 11.7 Å². The molecule has 6 heteroatoms. The van der Waals surface area contributed by atoms with Gasteiger partial charge in [-0.3, -0.25) is 9.69 Å². The number of piperidine rings is 1. The number of ether oxygens (including phenoxy) is 2. The standard InChI is InChI=1S/C20H29FN2O3/c1-4-26-12-15-7-8-22(2)20(11-15)13-23(14-20)19(24)9-16-5-6-17(21)10-18(16)25-3/h5-6,10,15H,4,7-9,11-14H2,1-3H3. The maximum atomic E-state index is 13.3. The average Bonchev–Trinajstić information content (AvgIpc) is 2.60. The molecule has 26 heavy (non-hydrogen) atoms. The molecule has 2 fully saturated rings. The van der Waals surface area contributed by atoms with Crippen LogP contribution in [0.5, 0.6) is 5.75 Å². The van der Waals surface area contributed by atoms with Crippen LogP contribution in [0.1, 0.15) is 25.3 Å². The van der Waals surface area contributed by atoms with Crippen LogP contribution in [0.4, 0.5) is 4.39 Å². The van der Waals surface area contributed by atoms with Gasteiger partial charge in [0, 0.05) is 37.9 Å². The second-order valence-corrected chi connectivity index (χ2v) is 7.55. The SMILES string of the molecule is CCOCC1CCN(C)C2(C1)CN(C(=O)Cc1ccc(F)cc1OC)C2. The van der Waals surface area contributed by atoms with E-state index >= 15 is 0 Å². The largest absolute Gasteiger partial charge is 0.496 e. The first-order valence-corrected chi connectivity index (χ1v) is 9.36. The van der Waals surface area contributed by atoms with Crippen molar-refractivity contribution in [1.29, 1.82) is 0 Å². The van der Waals surface area contributed by atoms with Gasteiger partial charge in [-0.2, -0.15) is 0 Å². The second kappa shape index (κ2) is 7.92. The highest BCUT2D eigenvalue weighted by Crippen LogP contribution is 2.38. The molecule has 1 spiro atoms. The smallest absolute Gasteiger partial charge is 0.227 e. The molecule has 3 rings (SSSR count). The fourth-order valence-corrected chi connectivity index (χ4v) is 4.19. The van der Waals surface area contributed by atoms with Crippen LogP contribution in [0, 0.1) is 11.7 Å². The molecule has 0 radical (unpaired) electrons. The van der Waals surface area contributed by atoms with Crippen LogP contribution in [0.25, 0.3) is 0 Å². The third-order valence-corrected chi connectivity index (χ3v) is 5.82. The Kier molecular flexibility index (Phi) is 5.82. The van der Waals surface area contributed by atoms with Crippen molar-refractivity contribution < 1.29 is 18.7 Å². The molecule has 0 N–H and O–H groups in total. The lowest BCUT2D eigenvalue weighted by Crippen LogP contribution is -2.72. The van der Waals surface area contributed by atoms with Crippen molar-refractivity contribution >= 4 is 5.91 Å². The molecule has 2 aliphatic heterocycles. The Bertz CT molecular complexity index is 644. The molecule has 5 nitrogen and oxygen atoms in total. The summed E-state index contributed by atoms with van der Waals surface area (Å²) >= 11 is 0. The molecule has 0 aliphatic carbocycles. The highest BCUT2D eigenvalue weighted by atomic mass is 19.1. The molecule has 144 valence electrons. The number of methoxy groups -OCH3 is 1. The van der Waals surface area contributed by atoms with Crippen LogP contribution in [0.3, 0.4) is 0 Å². The van der Waals surface area contributed by atoms with E-state index in [9.17, 15) is 9.18 Å². The molecule has 1 unspecified atom stereocenters. The van der Waals surface area contributed by atoms with Gasteiger partial charge in [-0.1, -0.05) is 6.07 Å². The lowest BCUT2D eigenvalue weighted by Gasteiger charge is -2.58. The van der Waals surface area contributed by atoms with Crippen molar-refractivity contribution in [3.8, 4) is 5.75 Å². The minimum atomic E-state index is -0.356. The Balaban J connectivity index is 1.59. The van der Waals surface area contributed by atoms with Crippen molar-refractivity contribution in [2.24, 2.45) is 5.92 Å². The summed E-state index contributed by atoms with van der Waals surface area (Å²) in [4.78, 5) is 17.0. The van der Waals surface area contributed by atoms with E-state index in [0.717, 1.165) is 51.3 Å². The van der Waals surface area contributed by atoms with Gasteiger partial charge in [0.15, 0.2) is 0 Å². The lowest BCUT2D eigenvalue weighted by atomic mass is 9.75. The van der Waals surface area contributed by atoms with Gasteiger partial charge in [0.2, 0.25) is 5.91 Å². The predicted molar refractivity (Wildman–Crippen MR) is 97.8 cm³/mol. The van der Waals surface area contributed by atoms with Gasteiger partial charge >= 0.3 is 0 Å². The van der Waals surface area contributed by atoms with Gasteiger partial charge in [0.05, 0.1) is 19.1 Å². The number of halogens is 1. The molecule has 2 saturated heterocycles. The quantitative estimate of drug-likeness (QED) is 0.777. The molecule has 1 atom stereocenters. The van der Waals surface area contributed by atoms with E-state index in [2.05, 4.69) is 11.9 Å². The summed E-state index contributed by atoms with van der Waals surface area (Å²) in [5.41, 5.74) is 0.814. The number of amides is 1. The van der Waals surface area contributed by atoms with Gasteiger partial charge in [-0.25, -0.2) is 4.39 Å². The predicted octanol–water partition coefficient (Wildman–Crippen LogP) is 2.34. The zero-order valence-corrected chi connectivity index (χ0v) is 16.0. The fraction of sp³-hybridized carbons (Fsp3) is 0.650. The monoisotopic (exact) mass is 364 g/mol. The number of hydrogen-bond donors (Lipinski definition) is 0. The fourth-order valence-electron chi connectivity index (χ4n) is 4.19. The van der Waals surface area contributed by atoms with Gasteiger partial charge in [0.25, 0.3) is 0 Å². The van der Waals surface area contributed by atoms with E-state index in [1.54, 1.807) is 6.07 Å². The first-order chi connectivity index (χ1) is 12.5. The molecule has 2 heterocycles. The van der Waals surface area contributed by atoms with Gasteiger partial charge < -0.3 is 14.4 Å². The van der Waals surface area contributed by atoms with Crippen LogP contribution < -0.4 is 4.74 Å². The Labute approximate surface area is 155 Å². The minimum absolute atomic E-state index is 0.0702. The van der Waals surface area contributed by atoms with E-state index in [1.165, 1.54) is 19.2 Å². The Hall–Kier alpha value is -1.66. The van der Waals surface area contributed by atoms with Crippen LogP contribution in [-0.4, -0.2) is 68.3 Å². The number of carbonyl (C=O) groups is 1. The second-order valence-electron chi connectivity index (χ2n) is 7.55. The van der Waals surface area contributed by atoms with Gasteiger partial charge in [0.1, 0.15) is 11.6 Å². The normalized spacial score (nSPS) is 22.3. The zero-order valence-electron chi connectivity index (χ0n) is 16.0. The first kappa shape index (κ1) is 19.1. The number of benzene rings is 1. The van der Waals surface area contributed by atoms with Crippen LogP contribution >= 0.6 is 0 Å². The number of likely N-dealkylation sites (tertiary alicyclic amines) is 2. The van der Waals surface area contributed by atoms with Crippen LogP contribution in [0.2, 0.25) is 0 Å². The summed E-state index contributed by atoms with van der Waals surface area (Å²) in [5.74, 6) is 0.715. The molecular formula is C20H29FN2O3. The molecule has 2 aliphatic rings. The summed E-state index contributed by atoms with van der Waals surface area (Å²) in [6.45, 7) is 6.16. The van der Waals surface area contributed by atoms with Crippen molar-refractivity contribution in [3.05, 3.63) is 29.6 Å². The highest BCUT2D eigenvalue weighted by Gasteiger charge is 2.50. The molecule has 1 aromatic rings. The number of nitrogens with zero attached hydrogens (tertiary/aromatic N) is 2. The molecular weight excluding hydrogens is 335 g/mol. The third-order valence-electron chi connectivity index (χ3n) is 5.82. The molecule has 1 amide bonds. The Morgan fingerprint density at radius 2 is 2.15 bits per heavy atom. The summed E-state index contributed by atoms with van der Waals surface area (Å²) in [7, 11) is 3.65. The van der Waals surface area contributed by atoms with E-state index in [1.807, 2.05) is 11.8 Å². The topological polar surface area (TPSA) is 42.0 Å². The Morgan fingerprint density at radius 1 is 1.38 bits per heavy atom. The molecule has 0 bridgehead atoms. The van der Waals surface area contributed by atoms with Crippen molar-refractivity contribution in [3.63, 3.8) is 0 Å². The number of likely N-dealkylation sites (N-methyl/N-ethyl adjacent to an activating group) is 1. The van der Waals surface area contributed by atoms with Gasteiger partial charge in [-0.05, 0) is 45.3 Å². The zero-order chi connectivity index (χ0) is 18.7. The maximum absolute atomic E-state index is 13.3. The number of rotatable bonds is 6. The van der Waals surface area contributed by atoms with Gasteiger partial charge in [-0.15, -0.1) is 0 Å². The summed E-state index contributed by atoms with van der Waals surface area (Å²) < 4.78 is 24.1. The number of hydrogen-bond acceptors (Lipinski definition) is 4. The molecule has 0 saturated carbocycles. The average molecular weight is 364 g/mol. The van der Waals surface area contributed by atoms with Crippen molar-refractivity contribution in [2.75, 3.05) is 47.0 Å². The van der Waals surface area contributed by atoms with E-state index in [4.69, 9.17) is 9.47 Å². The maximum Gasteiger partial charge on any atom is 0.227 e. The summed E-state index contributed by atoms with van der Waals surface area (Å²) in [6, 6.07) is 4.33. The van der Waals surface area contributed by atoms with Crippen molar-refractivity contribution in [2.45, 2.75) is 31.7 Å². The van der Waals surface area contributed by atoms with E-state index in [-0.39, 0.29) is 23.7 Å². The lowest BCUT2D eigenvalue weighted by molar-refractivity contribution is -0.150. The number of carbonyl (C=O) groups excluding carboxylic acids is 1. The van der Waals surface area contributed by atoms with Crippen LogP contribution in [-0.2, 0) is 16.0 Å². The summed E-state index contributed by atoms with van der Waals surface area (Å²) in [6.07, 6.45) is 2.47. The van der Waals surface area contributed by atoms with E-state index < -0.39 is 0 Å². The van der Waals surface area contributed by atoms with Crippen LogP contribution in [0.15, 0.2) is 18.2 Å². The van der Waals surface area contributed by atoms with Crippen molar-refractivity contribution in [1.82, 2.24) is 9.80 Å². The Morgan fingerprint density at radius 3 is 2.85 bits per heavy atom.